The number of hydrogen-bond acceptors (Lipinski definition) is 5. The summed E-state index contributed by atoms with van der Waals surface area (Å²) >= 11 is 0. The molecule has 5 rings (SSSR count). The van der Waals surface area contributed by atoms with Crippen LogP contribution in [0.5, 0.6) is 0 Å². The van der Waals surface area contributed by atoms with Crippen molar-refractivity contribution in [2.45, 2.75) is 57.5 Å². The molecule has 204 valence electrons. The van der Waals surface area contributed by atoms with Crippen LogP contribution in [0.1, 0.15) is 61.4 Å². The van der Waals surface area contributed by atoms with Gasteiger partial charge < -0.3 is 25.0 Å². The fraction of sp³-hybridized carbons (Fsp3) is 0.533. The van der Waals surface area contributed by atoms with E-state index in [1.165, 1.54) is 17.7 Å². The van der Waals surface area contributed by atoms with Gasteiger partial charge in [0.1, 0.15) is 5.82 Å². The number of likely N-dealkylation sites (tertiary alicyclic amines) is 2. The first-order valence-corrected chi connectivity index (χ1v) is 14.0. The van der Waals surface area contributed by atoms with Crippen molar-refractivity contribution in [2.75, 3.05) is 46.3 Å². The van der Waals surface area contributed by atoms with Crippen molar-refractivity contribution in [2.24, 2.45) is 5.73 Å². The summed E-state index contributed by atoms with van der Waals surface area (Å²) in [4.78, 5) is 24.5. The lowest BCUT2D eigenvalue weighted by Crippen LogP contribution is -2.44. The topological polar surface area (TPSA) is 70.6 Å². The van der Waals surface area contributed by atoms with Crippen LogP contribution in [0.25, 0.3) is 16.6 Å². The minimum atomic E-state index is -0.413. The largest absolute Gasteiger partial charge is 0.339 e. The van der Waals surface area contributed by atoms with Crippen LogP contribution in [0.2, 0.25) is 0 Å². The number of carbonyl (C=O) groups excluding carboxylic acids is 1. The van der Waals surface area contributed by atoms with E-state index in [0.29, 0.717) is 23.2 Å². The van der Waals surface area contributed by atoms with Crippen LogP contribution < -0.4 is 5.73 Å². The maximum atomic E-state index is 14.3. The molecule has 0 bridgehead atoms. The Balaban J connectivity index is 1.36. The van der Waals surface area contributed by atoms with Crippen molar-refractivity contribution in [1.29, 1.82) is 0 Å². The van der Waals surface area contributed by atoms with Gasteiger partial charge in [0.2, 0.25) is 0 Å². The summed E-state index contributed by atoms with van der Waals surface area (Å²) in [5, 5.41) is 1.16. The van der Waals surface area contributed by atoms with E-state index in [0.717, 1.165) is 75.9 Å². The highest BCUT2D eigenvalue weighted by Crippen LogP contribution is 2.36. The molecule has 1 aromatic carbocycles. The number of carbonyl (C=O) groups is 1. The molecule has 0 spiro atoms. The highest BCUT2D eigenvalue weighted by Gasteiger charge is 2.27. The Morgan fingerprint density at radius 2 is 1.74 bits per heavy atom. The molecule has 2 saturated heterocycles. The lowest BCUT2D eigenvalue weighted by atomic mass is 9.89. The Kier molecular flexibility index (Phi) is 8.12. The van der Waals surface area contributed by atoms with E-state index in [1.807, 2.05) is 30.8 Å². The SMILES string of the molecule is CC(C)N(C)C(=O)c1cc(F)ccc1-n1cc(C2CCN(CCN3CCC(N)CC3)CC2)c2ccncc21. The molecule has 0 saturated carbocycles. The van der Waals surface area contributed by atoms with Gasteiger partial charge in [-0.2, -0.15) is 0 Å². The van der Waals surface area contributed by atoms with E-state index in [-0.39, 0.29) is 11.9 Å². The number of nitrogens with two attached hydrogens (primary N) is 1. The van der Waals surface area contributed by atoms with Crippen LogP contribution in [-0.4, -0.2) is 88.6 Å². The molecule has 2 N–H and O–H groups in total. The lowest BCUT2D eigenvalue weighted by Gasteiger charge is -2.35. The first-order chi connectivity index (χ1) is 18.3. The Morgan fingerprint density at radius 3 is 2.39 bits per heavy atom. The number of benzene rings is 1. The van der Waals surface area contributed by atoms with Crippen molar-refractivity contribution in [3.05, 3.63) is 59.8 Å². The van der Waals surface area contributed by atoms with Crippen molar-refractivity contribution in [3.63, 3.8) is 0 Å². The average Bonchev–Trinajstić information content (AvgIpc) is 3.31. The molecule has 0 unspecified atom stereocenters. The predicted molar refractivity (Wildman–Crippen MR) is 150 cm³/mol. The number of hydrogen-bond donors (Lipinski definition) is 1. The summed E-state index contributed by atoms with van der Waals surface area (Å²) in [6, 6.07) is 6.95. The summed E-state index contributed by atoms with van der Waals surface area (Å²) in [6.07, 6.45) is 10.2. The lowest BCUT2D eigenvalue weighted by molar-refractivity contribution is 0.0754. The Morgan fingerprint density at radius 1 is 1.08 bits per heavy atom. The second-order valence-electron chi connectivity index (χ2n) is 11.3. The van der Waals surface area contributed by atoms with E-state index in [2.05, 4.69) is 27.0 Å². The van der Waals surface area contributed by atoms with Crippen LogP contribution in [0.4, 0.5) is 4.39 Å². The number of aromatic nitrogens is 2. The molecule has 0 aliphatic carbocycles. The third-order valence-electron chi connectivity index (χ3n) is 8.57. The first kappa shape index (κ1) is 26.8. The fourth-order valence-electron chi connectivity index (χ4n) is 5.87. The van der Waals surface area contributed by atoms with Crippen LogP contribution in [0.15, 0.2) is 42.9 Å². The van der Waals surface area contributed by atoms with Crippen molar-refractivity contribution in [1.82, 2.24) is 24.3 Å². The van der Waals surface area contributed by atoms with Crippen LogP contribution in [0, 0.1) is 5.82 Å². The van der Waals surface area contributed by atoms with Crippen LogP contribution >= 0.6 is 0 Å². The minimum absolute atomic E-state index is 0.00919. The quantitative estimate of drug-likeness (QED) is 0.505. The molecule has 8 heteroatoms. The predicted octanol–water partition coefficient (Wildman–Crippen LogP) is 4.25. The number of amides is 1. The van der Waals surface area contributed by atoms with Crippen molar-refractivity contribution >= 4 is 16.8 Å². The molecule has 7 nitrogen and oxygen atoms in total. The third-order valence-corrected chi connectivity index (χ3v) is 8.57. The number of rotatable bonds is 7. The van der Waals surface area contributed by atoms with E-state index in [9.17, 15) is 9.18 Å². The summed E-state index contributed by atoms with van der Waals surface area (Å²) < 4.78 is 16.4. The molecule has 2 aromatic heterocycles. The van der Waals surface area contributed by atoms with Crippen LogP contribution in [0.3, 0.4) is 0 Å². The fourth-order valence-corrected chi connectivity index (χ4v) is 5.87. The molecular weight excluding hydrogens is 479 g/mol. The van der Waals surface area contributed by atoms with E-state index in [1.54, 1.807) is 18.0 Å². The van der Waals surface area contributed by atoms with Gasteiger partial charge >= 0.3 is 0 Å². The standard InChI is InChI=1S/C30H41FN6O/c1-21(2)34(3)30(38)26-18-23(31)4-5-28(26)37-20-27(25-6-11-33-19-29(25)37)22-7-12-35(13-8-22)16-17-36-14-9-24(32)10-15-36/h4-6,11,18-22,24H,7-10,12-17,32H2,1-3H3. The Bertz CT molecular complexity index is 1260. The number of fused-ring (bicyclic) bond motifs is 1. The van der Waals surface area contributed by atoms with Gasteiger partial charge in [-0.3, -0.25) is 9.78 Å². The molecular formula is C30H41FN6O. The highest BCUT2D eigenvalue weighted by atomic mass is 19.1. The number of piperidine rings is 2. The van der Waals surface area contributed by atoms with Crippen LogP contribution in [-0.2, 0) is 0 Å². The maximum Gasteiger partial charge on any atom is 0.256 e. The molecule has 0 radical (unpaired) electrons. The molecule has 2 aliphatic rings. The summed E-state index contributed by atoms with van der Waals surface area (Å²) in [5.41, 5.74) is 9.34. The monoisotopic (exact) mass is 520 g/mol. The molecule has 0 atom stereocenters. The summed E-state index contributed by atoms with van der Waals surface area (Å²) in [7, 11) is 1.76. The zero-order valence-corrected chi connectivity index (χ0v) is 22.9. The second-order valence-corrected chi connectivity index (χ2v) is 11.3. The van der Waals surface area contributed by atoms with Gasteiger partial charge in [0, 0.05) is 50.0 Å². The zero-order valence-electron chi connectivity index (χ0n) is 22.9. The van der Waals surface area contributed by atoms with Gasteiger partial charge in [0.25, 0.3) is 5.91 Å². The van der Waals surface area contributed by atoms with Crippen molar-refractivity contribution < 1.29 is 9.18 Å². The summed E-state index contributed by atoms with van der Waals surface area (Å²) in [6.45, 7) is 10.5. The average molecular weight is 521 g/mol. The molecule has 4 heterocycles. The van der Waals surface area contributed by atoms with Gasteiger partial charge in [0.05, 0.1) is 23.0 Å². The van der Waals surface area contributed by atoms with Gasteiger partial charge in [-0.15, -0.1) is 0 Å². The van der Waals surface area contributed by atoms with Gasteiger partial charge in [-0.25, -0.2) is 4.39 Å². The van der Waals surface area contributed by atoms with Gasteiger partial charge in [-0.05, 0) is 101 Å². The maximum absolute atomic E-state index is 14.3. The van der Waals surface area contributed by atoms with Gasteiger partial charge in [-0.1, -0.05) is 0 Å². The zero-order chi connectivity index (χ0) is 26.8. The van der Waals surface area contributed by atoms with E-state index < -0.39 is 5.82 Å². The number of pyridine rings is 1. The molecule has 2 aliphatic heterocycles. The highest BCUT2D eigenvalue weighted by molar-refractivity contribution is 5.99. The third kappa shape index (κ3) is 5.63. The van der Waals surface area contributed by atoms with Crippen molar-refractivity contribution in [3.8, 4) is 5.69 Å². The van der Waals surface area contributed by atoms with E-state index in [4.69, 9.17) is 5.73 Å². The molecule has 2 fully saturated rings. The molecule has 3 aromatic rings. The normalized spacial score (nSPS) is 18.5. The summed E-state index contributed by atoms with van der Waals surface area (Å²) in [5.74, 6) is -0.169. The van der Waals surface area contributed by atoms with Gasteiger partial charge in [0.15, 0.2) is 0 Å². The number of nitrogens with zero attached hydrogens (tertiary/aromatic N) is 5. The minimum Gasteiger partial charge on any atom is -0.339 e. The van der Waals surface area contributed by atoms with E-state index >= 15 is 0 Å². The Labute approximate surface area is 225 Å². The Hall–Kier alpha value is -2.81. The smallest absolute Gasteiger partial charge is 0.256 e. The molecule has 1 amide bonds. The first-order valence-electron chi connectivity index (χ1n) is 14.0. The molecule has 38 heavy (non-hydrogen) atoms. The number of halogens is 1. The second kappa shape index (κ2) is 11.5.